The molecule has 2 nitrogen and oxygen atoms in total. The van der Waals surface area contributed by atoms with Gasteiger partial charge in [0.2, 0.25) is 0 Å². The molecule has 0 bridgehead atoms. The van der Waals surface area contributed by atoms with E-state index in [9.17, 15) is 4.39 Å². The molecule has 2 rings (SSSR count). The molecule has 92 valence electrons. The van der Waals surface area contributed by atoms with Gasteiger partial charge in [0.05, 0.1) is 0 Å². The Balaban J connectivity index is 2.17. The van der Waals surface area contributed by atoms with E-state index in [-0.39, 0.29) is 5.82 Å². The second-order valence-electron chi connectivity index (χ2n) is 4.15. The van der Waals surface area contributed by atoms with Crippen molar-refractivity contribution in [1.82, 2.24) is 0 Å². The van der Waals surface area contributed by atoms with E-state index in [0.717, 1.165) is 11.3 Å². The summed E-state index contributed by atoms with van der Waals surface area (Å²) in [5.74, 6) is -0.318. The Labute approximate surface area is 106 Å². The fourth-order valence-corrected chi connectivity index (χ4v) is 1.77. The van der Waals surface area contributed by atoms with Gasteiger partial charge in [0.15, 0.2) is 0 Å². The highest BCUT2D eigenvalue weighted by atomic mass is 19.1. The number of halogens is 1. The molecule has 0 radical (unpaired) electrons. The van der Waals surface area contributed by atoms with Gasteiger partial charge in [0, 0.05) is 23.5 Å². The molecule has 0 heterocycles. The van der Waals surface area contributed by atoms with Crippen LogP contribution in [0.2, 0.25) is 0 Å². The first-order valence-electron chi connectivity index (χ1n) is 5.79. The summed E-state index contributed by atoms with van der Waals surface area (Å²) in [7, 11) is 0. The molecule has 18 heavy (non-hydrogen) atoms. The minimum atomic E-state index is -0.318. The second-order valence-corrected chi connectivity index (χ2v) is 4.15. The predicted molar refractivity (Wildman–Crippen MR) is 72.7 cm³/mol. The lowest BCUT2D eigenvalue weighted by Crippen LogP contribution is -2.05. The Morgan fingerprint density at radius 1 is 1.17 bits per heavy atom. The average molecular weight is 242 g/mol. The van der Waals surface area contributed by atoms with Crippen LogP contribution in [0.4, 0.5) is 10.1 Å². The molecule has 0 amide bonds. The molecule has 0 aliphatic heterocycles. The summed E-state index contributed by atoms with van der Waals surface area (Å²) in [6, 6.07) is 14.4. The molecule has 0 atom stereocenters. The number of anilines is 1. The van der Waals surface area contributed by atoms with Crippen LogP contribution in [0.5, 0.6) is 0 Å². The fourth-order valence-electron chi connectivity index (χ4n) is 1.77. The minimum Gasteiger partial charge on any atom is -0.380 e. The third kappa shape index (κ3) is 2.94. The van der Waals surface area contributed by atoms with Gasteiger partial charge in [-0.25, -0.2) is 4.39 Å². The highest BCUT2D eigenvalue weighted by Gasteiger charge is 2.05. The van der Waals surface area contributed by atoms with Crippen LogP contribution in [0.3, 0.4) is 0 Å². The summed E-state index contributed by atoms with van der Waals surface area (Å²) in [6.45, 7) is 2.31. The molecule has 0 aliphatic carbocycles. The van der Waals surface area contributed by atoms with Crippen molar-refractivity contribution < 1.29 is 4.39 Å². The molecule has 0 spiro atoms. The molecule has 0 saturated carbocycles. The monoisotopic (exact) mass is 242 g/mol. The lowest BCUT2D eigenvalue weighted by atomic mass is 10.1. The van der Waals surface area contributed by atoms with Crippen molar-refractivity contribution in [2.75, 3.05) is 5.32 Å². The smallest absolute Gasteiger partial charge is 0.124 e. The van der Waals surface area contributed by atoms with Crippen molar-refractivity contribution in [2.45, 2.75) is 13.5 Å². The highest BCUT2D eigenvalue weighted by molar-refractivity contribution is 6.01. The van der Waals surface area contributed by atoms with E-state index in [2.05, 4.69) is 5.32 Å². The van der Waals surface area contributed by atoms with E-state index in [0.29, 0.717) is 17.8 Å². The number of hydrogen-bond acceptors (Lipinski definition) is 2. The van der Waals surface area contributed by atoms with E-state index in [1.54, 1.807) is 13.0 Å². The summed E-state index contributed by atoms with van der Waals surface area (Å²) < 4.78 is 13.1. The average Bonchev–Trinajstić information content (AvgIpc) is 2.38. The predicted octanol–water partition coefficient (Wildman–Crippen LogP) is 3.83. The zero-order valence-corrected chi connectivity index (χ0v) is 10.2. The van der Waals surface area contributed by atoms with Crippen molar-refractivity contribution >= 4 is 11.4 Å². The normalized spacial score (nSPS) is 10.1. The standard InChI is InChI=1S/C15H15FN2/c1-11(17)14-9-13(16)7-8-15(14)18-10-12-5-3-2-4-6-12/h2-9,17-18H,10H2,1H3. The number of hydrogen-bond donors (Lipinski definition) is 2. The van der Waals surface area contributed by atoms with E-state index < -0.39 is 0 Å². The maximum atomic E-state index is 13.1. The molecule has 0 aromatic heterocycles. The van der Waals surface area contributed by atoms with Crippen molar-refractivity contribution in [3.05, 3.63) is 65.5 Å². The Bertz CT molecular complexity index is 550. The van der Waals surface area contributed by atoms with Gasteiger partial charge >= 0.3 is 0 Å². The molecule has 0 fully saturated rings. The molecule has 0 saturated heterocycles. The van der Waals surface area contributed by atoms with Crippen molar-refractivity contribution in [3.8, 4) is 0 Å². The largest absolute Gasteiger partial charge is 0.380 e. The van der Waals surface area contributed by atoms with Gasteiger partial charge in [-0.2, -0.15) is 0 Å². The summed E-state index contributed by atoms with van der Waals surface area (Å²) in [5, 5.41) is 10.9. The minimum absolute atomic E-state index is 0.318. The van der Waals surface area contributed by atoms with Gasteiger partial charge in [0.1, 0.15) is 5.82 Å². The van der Waals surface area contributed by atoms with Crippen molar-refractivity contribution in [1.29, 1.82) is 5.41 Å². The van der Waals surface area contributed by atoms with Crippen LogP contribution >= 0.6 is 0 Å². The van der Waals surface area contributed by atoms with Crippen LogP contribution in [-0.2, 0) is 6.54 Å². The Morgan fingerprint density at radius 2 is 1.89 bits per heavy atom. The number of rotatable bonds is 4. The van der Waals surface area contributed by atoms with Crippen LogP contribution in [-0.4, -0.2) is 5.71 Å². The third-order valence-corrected chi connectivity index (χ3v) is 2.71. The Morgan fingerprint density at radius 3 is 2.56 bits per heavy atom. The maximum absolute atomic E-state index is 13.1. The first-order valence-corrected chi connectivity index (χ1v) is 5.79. The van der Waals surface area contributed by atoms with Gasteiger partial charge in [-0.1, -0.05) is 30.3 Å². The third-order valence-electron chi connectivity index (χ3n) is 2.71. The maximum Gasteiger partial charge on any atom is 0.124 e. The van der Waals surface area contributed by atoms with Gasteiger partial charge in [-0.3, -0.25) is 0 Å². The summed E-state index contributed by atoms with van der Waals surface area (Å²) >= 11 is 0. The topological polar surface area (TPSA) is 35.9 Å². The quantitative estimate of drug-likeness (QED) is 0.785. The second kappa shape index (κ2) is 5.45. The van der Waals surface area contributed by atoms with Crippen LogP contribution < -0.4 is 5.32 Å². The first-order chi connectivity index (χ1) is 8.66. The molecular weight excluding hydrogens is 227 g/mol. The Kier molecular flexibility index (Phi) is 3.72. The summed E-state index contributed by atoms with van der Waals surface area (Å²) in [5.41, 5.74) is 2.89. The van der Waals surface area contributed by atoms with Crippen LogP contribution in [0.15, 0.2) is 48.5 Å². The van der Waals surface area contributed by atoms with Crippen molar-refractivity contribution in [3.63, 3.8) is 0 Å². The molecule has 2 aromatic carbocycles. The fraction of sp³-hybridized carbons (Fsp3) is 0.133. The van der Waals surface area contributed by atoms with E-state index in [1.165, 1.54) is 12.1 Å². The summed E-state index contributed by atoms with van der Waals surface area (Å²) in [6.07, 6.45) is 0. The van der Waals surface area contributed by atoms with Gasteiger partial charge in [-0.05, 0) is 30.7 Å². The van der Waals surface area contributed by atoms with E-state index in [4.69, 9.17) is 5.41 Å². The van der Waals surface area contributed by atoms with Gasteiger partial charge in [0.25, 0.3) is 0 Å². The van der Waals surface area contributed by atoms with Gasteiger partial charge < -0.3 is 10.7 Å². The molecule has 3 heteroatoms. The zero-order valence-electron chi connectivity index (χ0n) is 10.2. The van der Waals surface area contributed by atoms with E-state index in [1.807, 2.05) is 30.3 Å². The molecule has 0 unspecified atom stereocenters. The lowest BCUT2D eigenvalue weighted by molar-refractivity contribution is 0.627. The van der Waals surface area contributed by atoms with Crippen LogP contribution in [0, 0.1) is 11.2 Å². The zero-order chi connectivity index (χ0) is 13.0. The molecule has 2 aromatic rings. The Hall–Kier alpha value is -2.16. The lowest BCUT2D eigenvalue weighted by Gasteiger charge is -2.11. The SMILES string of the molecule is CC(=N)c1cc(F)ccc1NCc1ccccc1. The van der Waals surface area contributed by atoms with Gasteiger partial charge in [-0.15, -0.1) is 0 Å². The van der Waals surface area contributed by atoms with Crippen LogP contribution in [0.25, 0.3) is 0 Å². The first kappa shape index (κ1) is 12.3. The number of nitrogens with one attached hydrogen (secondary N) is 2. The number of benzene rings is 2. The highest BCUT2D eigenvalue weighted by Crippen LogP contribution is 2.18. The molecule has 2 N–H and O–H groups in total. The van der Waals surface area contributed by atoms with Crippen LogP contribution in [0.1, 0.15) is 18.1 Å². The van der Waals surface area contributed by atoms with Crippen molar-refractivity contribution in [2.24, 2.45) is 0 Å². The van der Waals surface area contributed by atoms with E-state index >= 15 is 0 Å². The molecular formula is C15H15FN2. The molecule has 0 aliphatic rings. The summed E-state index contributed by atoms with van der Waals surface area (Å²) in [4.78, 5) is 0.